The van der Waals surface area contributed by atoms with Crippen molar-refractivity contribution >= 4 is 51.0 Å². The number of aromatic nitrogens is 6. The van der Waals surface area contributed by atoms with Crippen LogP contribution >= 0.6 is 0 Å². The Labute approximate surface area is 296 Å². The number of nitro benzene ring substituents is 1. The maximum atomic E-state index is 11.6. The highest BCUT2D eigenvalue weighted by molar-refractivity contribution is 5.93. The van der Waals surface area contributed by atoms with Gasteiger partial charge in [0.15, 0.2) is 0 Å². The Kier molecular flexibility index (Phi) is 7.96. The number of nitrogens with one attached hydrogen (secondary N) is 2. The summed E-state index contributed by atoms with van der Waals surface area (Å²) < 4.78 is 0. The van der Waals surface area contributed by atoms with E-state index in [9.17, 15) is 10.1 Å². The summed E-state index contributed by atoms with van der Waals surface area (Å²) in [6.07, 6.45) is 0. The number of nitro groups is 1. The zero-order valence-corrected chi connectivity index (χ0v) is 27.6. The molecule has 0 atom stereocenters. The van der Waals surface area contributed by atoms with Crippen molar-refractivity contribution in [3.63, 3.8) is 0 Å². The van der Waals surface area contributed by atoms with Gasteiger partial charge in [-0.2, -0.15) is 0 Å². The topological polar surface area (TPSA) is 197 Å². The molecule has 4 aromatic heterocycles. The van der Waals surface area contributed by atoms with E-state index in [2.05, 4.69) is 10.9 Å². The summed E-state index contributed by atoms with van der Waals surface area (Å²) >= 11 is 0. The lowest BCUT2D eigenvalue weighted by atomic mass is 10.0. The third-order valence-corrected chi connectivity index (χ3v) is 8.53. The number of pyridine rings is 2. The molecule has 4 aromatic carbocycles. The fraction of sp³-hybridized carbons (Fsp3) is 0.0256. The molecule has 52 heavy (non-hydrogen) atoms. The number of rotatable bonds is 8. The number of nitrogens with two attached hydrogens (primary N) is 2. The summed E-state index contributed by atoms with van der Waals surface area (Å²) in [4.78, 5) is 40.1. The first kappa shape index (κ1) is 31.7. The highest BCUT2D eigenvalue weighted by Crippen LogP contribution is 2.33. The van der Waals surface area contributed by atoms with Crippen molar-refractivity contribution in [1.29, 1.82) is 0 Å². The molecule has 13 nitrogen and oxygen atoms in total. The molecular formula is C39H29N11O2. The smallest absolute Gasteiger partial charge is 0.292 e. The molecule has 0 aliphatic rings. The molecule has 13 heteroatoms. The van der Waals surface area contributed by atoms with E-state index < -0.39 is 4.92 Å². The predicted molar refractivity (Wildman–Crippen MR) is 204 cm³/mol. The van der Waals surface area contributed by atoms with Crippen LogP contribution in [0.1, 0.15) is 5.56 Å². The zero-order valence-electron chi connectivity index (χ0n) is 27.6. The Morgan fingerprint density at radius 2 is 1.13 bits per heavy atom. The van der Waals surface area contributed by atoms with Gasteiger partial charge in [-0.1, -0.05) is 72.8 Å². The second-order valence-corrected chi connectivity index (χ2v) is 12.0. The third kappa shape index (κ3) is 6.09. The molecule has 4 heterocycles. The van der Waals surface area contributed by atoms with Gasteiger partial charge in [-0.25, -0.2) is 29.9 Å². The van der Waals surface area contributed by atoms with Crippen molar-refractivity contribution in [2.24, 2.45) is 0 Å². The Morgan fingerprint density at radius 1 is 0.577 bits per heavy atom. The average molecular weight is 684 g/mol. The lowest BCUT2D eigenvalue weighted by Gasteiger charge is -2.14. The van der Waals surface area contributed by atoms with Crippen LogP contribution in [-0.2, 0) is 0 Å². The lowest BCUT2D eigenvalue weighted by Crippen LogP contribution is -2.15. The van der Waals surface area contributed by atoms with Crippen LogP contribution in [0.15, 0.2) is 121 Å². The van der Waals surface area contributed by atoms with Crippen LogP contribution in [0.2, 0.25) is 0 Å². The summed E-state index contributed by atoms with van der Waals surface area (Å²) in [5, 5.41) is 11.6. The molecular weight excluding hydrogens is 655 g/mol. The van der Waals surface area contributed by atoms with E-state index in [1.165, 1.54) is 12.1 Å². The Hall–Kier alpha value is -7.54. The van der Waals surface area contributed by atoms with Gasteiger partial charge in [0.2, 0.25) is 11.9 Å². The Balaban J connectivity index is 1.18. The number of hydrogen-bond acceptors (Lipinski definition) is 12. The van der Waals surface area contributed by atoms with Crippen molar-refractivity contribution in [1.82, 2.24) is 29.9 Å². The number of aryl methyl sites for hydroxylation is 1. The van der Waals surface area contributed by atoms with Crippen LogP contribution in [0.5, 0.6) is 0 Å². The molecule has 6 N–H and O–H groups in total. The molecule has 0 radical (unpaired) electrons. The van der Waals surface area contributed by atoms with Gasteiger partial charge >= 0.3 is 0 Å². The van der Waals surface area contributed by atoms with Crippen molar-refractivity contribution in [2.45, 2.75) is 6.92 Å². The van der Waals surface area contributed by atoms with Gasteiger partial charge in [0.1, 0.15) is 28.1 Å². The van der Waals surface area contributed by atoms with Crippen LogP contribution in [0.3, 0.4) is 0 Å². The van der Waals surface area contributed by atoms with E-state index in [4.69, 9.17) is 41.4 Å². The van der Waals surface area contributed by atoms with E-state index in [1.807, 2.05) is 97.9 Å². The maximum absolute atomic E-state index is 11.6. The van der Waals surface area contributed by atoms with Gasteiger partial charge in [-0.3, -0.25) is 21.0 Å². The SMILES string of the molecule is Cc1ccc(N)cc1-c1ccc2nc(NNc3nc(-c4ccccc4)c4nc(-c5ccc(N)c([N+](=O)[O-])c5)ccc4n3)nc(-c3ccccc3)c2n1. The largest absolute Gasteiger partial charge is 0.399 e. The summed E-state index contributed by atoms with van der Waals surface area (Å²) in [7, 11) is 0. The van der Waals surface area contributed by atoms with Crippen molar-refractivity contribution in [2.75, 3.05) is 22.3 Å². The number of benzene rings is 4. The first-order valence-electron chi connectivity index (χ1n) is 16.2. The number of nitrogens with zero attached hydrogens (tertiary/aromatic N) is 7. The molecule has 0 aliphatic heterocycles. The first-order valence-corrected chi connectivity index (χ1v) is 16.2. The minimum Gasteiger partial charge on any atom is -0.399 e. The zero-order chi connectivity index (χ0) is 35.8. The van der Waals surface area contributed by atoms with Crippen LogP contribution < -0.4 is 22.3 Å². The van der Waals surface area contributed by atoms with E-state index in [-0.39, 0.29) is 23.3 Å². The van der Waals surface area contributed by atoms with Crippen molar-refractivity contribution < 1.29 is 4.92 Å². The molecule has 0 spiro atoms. The second-order valence-electron chi connectivity index (χ2n) is 12.0. The summed E-state index contributed by atoms with van der Waals surface area (Å²) in [5.74, 6) is 0.531. The minimum absolute atomic E-state index is 0.0752. The van der Waals surface area contributed by atoms with Crippen LogP contribution in [-0.4, -0.2) is 34.8 Å². The van der Waals surface area contributed by atoms with Gasteiger partial charge in [-0.05, 0) is 55.0 Å². The lowest BCUT2D eigenvalue weighted by molar-refractivity contribution is -0.383. The number of nitrogen functional groups attached to an aromatic ring is 2. The number of anilines is 4. The second kappa shape index (κ2) is 13.1. The van der Waals surface area contributed by atoms with Crippen molar-refractivity contribution in [3.8, 4) is 45.0 Å². The Bertz CT molecular complexity index is 2650. The van der Waals surface area contributed by atoms with Crippen molar-refractivity contribution in [3.05, 3.63) is 137 Å². The molecule has 8 rings (SSSR count). The van der Waals surface area contributed by atoms with Crippen LogP contribution in [0.25, 0.3) is 67.1 Å². The highest BCUT2D eigenvalue weighted by Gasteiger charge is 2.18. The summed E-state index contributed by atoms with van der Waals surface area (Å²) in [5.41, 5.74) is 27.7. The summed E-state index contributed by atoms with van der Waals surface area (Å²) in [6.45, 7) is 2.02. The predicted octanol–water partition coefficient (Wildman–Crippen LogP) is 7.85. The van der Waals surface area contributed by atoms with E-state index in [1.54, 1.807) is 18.2 Å². The van der Waals surface area contributed by atoms with E-state index >= 15 is 0 Å². The molecule has 0 fully saturated rings. The fourth-order valence-electron chi connectivity index (χ4n) is 5.93. The van der Waals surface area contributed by atoms with E-state index in [0.29, 0.717) is 50.4 Å². The first-order chi connectivity index (χ1) is 25.3. The molecule has 0 saturated carbocycles. The van der Waals surface area contributed by atoms with Gasteiger partial charge < -0.3 is 11.5 Å². The van der Waals surface area contributed by atoms with Crippen LogP contribution in [0.4, 0.5) is 29.0 Å². The monoisotopic (exact) mass is 683 g/mol. The fourth-order valence-corrected chi connectivity index (χ4v) is 5.93. The molecule has 8 aromatic rings. The minimum atomic E-state index is -0.513. The molecule has 252 valence electrons. The summed E-state index contributed by atoms with van der Waals surface area (Å²) in [6, 6.07) is 37.1. The molecule has 0 bridgehead atoms. The molecule has 0 amide bonds. The van der Waals surface area contributed by atoms with Gasteiger partial charge in [0.05, 0.1) is 27.3 Å². The maximum Gasteiger partial charge on any atom is 0.292 e. The standard InChI is InChI=1S/C39H29N11O2/c1-22-12-14-26(40)21-27(22)30-17-19-32-37(43-30)35(24-10-6-3-7-11-24)47-39(45-32)49-48-38-44-31-18-16-29(25-13-15-28(41)33(20-25)50(51)52)42-36(31)34(46-38)23-8-4-2-5-9-23/h2-21H,40-41H2,1H3,(H,44,46,48)(H,45,47,49). The number of fused-ring (bicyclic) bond motifs is 2. The number of hydrogen-bond donors (Lipinski definition) is 4. The van der Waals surface area contributed by atoms with E-state index in [0.717, 1.165) is 27.9 Å². The average Bonchev–Trinajstić information content (AvgIpc) is 3.17. The highest BCUT2D eigenvalue weighted by atomic mass is 16.6. The van der Waals surface area contributed by atoms with Crippen LogP contribution in [0, 0.1) is 17.0 Å². The van der Waals surface area contributed by atoms with Gasteiger partial charge in [0, 0.05) is 34.0 Å². The molecule has 0 aliphatic carbocycles. The quantitative estimate of drug-likeness (QED) is 0.0688. The molecule has 0 saturated heterocycles. The third-order valence-electron chi connectivity index (χ3n) is 8.53. The molecule has 0 unspecified atom stereocenters. The Morgan fingerprint density at radius 3 is 1.71 bits per heavy atom. The van der Waals surface area contributed by atoms with Gasteiger partial charge in [0.25, 0.3) is 5.69 Å². The number of hydrazine groups is 1. The normalized spacial score (nSPS) is 11.1. The van der Waals surface area contributed by atoms with Gasteiger partial charge in [-0.15, -0.1) is 0 Å².